The van der Waals surface area contributed by atoms with E-state index in [-0.39, 0.29) is 5.60 Å². The summed E-state index contributed by atoms with van der Waals surface area (Å²) in [6, 6.07) is 4.12. The predicted molar refractivity (Wildman–Crippen MR) is 89.7 cm³/mol. The standard InChI is InChI=1S/C15H17N3OS2/c1-15(2,3)19-7-11-17-13(16)12-9(8-21-14(12)18-11)10-5-4-6-20-10/h4-6,8H,7H2,1-3H3,(H2,16,17,18). The molecule has 0 aliphatic heterocycles. The van der Waals surface area contributed by atoms with Crippen molar-refractivity contribution in [2.24, 2.45) is 0 Å². The zero-order valence-corrected chi connectivity index (χ0v) is 13.8. The molecular weight excluding hydrogens is 302 g/mol. The highest BCUT2D eigenvalue weighted by Gasteiger charge is 2.16. The van der Waals surface area contributed by atoms with Crippen LogP contribution in [0.2, 0.25) is 0 Å². The van der Waals surface area contributed by atoms with Crippen LogP contribution in [0.1, 0.15) is 26.6 Å². The molecule has 21 heavy (non-hydrogen) atoms. The summed E-state index contributed by atoms with van der Waals surface area (Å²) in [6.45, 7) is 6.40. The largest absolute Gasteiger partial charge is 0.383 e. The molecule has 4 nitrogen and oxygen atoms in total. The summed E-state index contributed by atoms with van der Waals surface area (Å²) in [5.74, 6) is 1.16. The van der Waals surface area contributed by atoms with Crippen molar-refractivity contribution in [2.45, 2.75) is 33.0 Å². The van der Waals surface area contributed by atoms with E-state index >= 15 is 0 Å². The maximum atomic E-state index is 6.15. The Kier molecular flexibility index (Phi) is 3.69. The van der Waals surface area contributed by atoms with E-state index in [2.05, 4.69) is 26.8 Å². The lowest BCUT2D eigenvalue weighted by Gasteiger charge is -2.18. The van der Waals surface area contributed by atoms with Crippen molar-refractivity contribution in [1.29, 1.82) is 0 Å². The van der Waals surface area contributed by atoms with Crippen molar-refractivity contribution in [1.82, 2.24) is 9.97 Å². The Hall–Kier alpha value is -1.50. The minimum absolute atomic E-state index is 0.218. The highest BCUT2D eigenvalue weighted by atomic mass is 32.1. The van der Waals surface area contributed by atoms with Gasteiger partial charge in [0.15, 0.2) is 5.82 Å². The molecule has 0 amide bonds. The molecule has 110 valence electrons. The molecule has 3 rings (SSSR count). The normalized spacial score (nSPS) is 12.1. The van der Waals surface area contributed by atoms with Gasteiger partial charge in [-0.3, -0.25) is 0 Å². The Balaban J connectivity index is 1.99. The summed E-state index contributed by atoms with van der Waals surface area (Å²) in [5.41, 5.74) is 7.05. The van der Waals surface area contributed by atoms with Crippen LogP contribution in [0, 0.1) is 0 Å². The lowest BCUT2D eigenvalue weighted by Crippen LogP contribution is -2.19. The van der Waals surface area contributed by atoms with Crippen molar-refractivity contribution in [2.75, 3.05) is 5.73 Å². The second-order valence-electron chi connectivity index (χ2n) is 5.73. The zero-order chi connectivity index (χ0) is 15.0. The van der Waals surface area contributed by atoms with Crippen molar-refractivity contribution in [3.63, 3.8) is 0 Å². The fourth-order valence-electron chi connectivity index (χ4n) is 1.97. The number of ether oxygens (including phenoxy) is 1. The number of nitrogens with zero attached hydrogens (tertiary/aromatic N) is 2. The van der Waals surface area contributed by atoms with Gasteiger partial charge in [-0.1, -0.05) is 6.07 Å². The molecule has 3 aromatic heterocycles. The molecule has 0 aromatic carbocycles. The molecule has 0 aliphatic carbocycles. The zero-order valence-electron chi connectivity index (χ0n) is 12.2. The molecule has 0 spiro atoms. The summed E-state index contributed by atoms with van der Waals surface area (Å²) < 4.78 is 5.72. The third-order valence-corrected chi connectivity index (χ3v) is 4.70. The molecule has 0 fully saturated rings. The van der Waals surface area contributed by atoms with Crippen molar-refractivity contribution in [3.05, 3.63) is 28.7 Å². The number of nitrogens with two attached hydrogens (primary N) is 1. The topological polar surface area (TPSA) is 61.0 Å². The first-order valence-corrected chi connectivity index (χ1v) is 8.41. The SMILES string of the molecule is CC(C)(C)OCc1nc(N)c2c(-c3cccs3)csc2n1. The maximum absolute atomic E-state index is 6.15. The van der Waals surface area contributed by atoms with Gasteiger partial charge in [0.25, 0.3) is 0 Å². The number of aromatic nitrogens is 2. The Morgan fingerprint density at radius 1 is 1.24 bits per heavy atom. The van der Waals surface area contributed by atoms with Crippen LogP contribution >= 0.6 is 22.7 Å². The first-order valence-electron chi connectivity index (χ1n) is 6.65. The van der Waals surface area contributed by atoms with E-state index in [9.17, 15) is 0 Å². The van der Waals surface area contributed by atoms with Gasteiger partial charge < -0.3 is 10.5 Å². The third kappa shape index (κ3) is 3.07. The van der Waals surface area contributed by atoms with E-state index < -0.39 is 0 Å². The van der Waals surface area contributed by atoms with Crippen LogP contribution in [0.25, 0.3) is 20.7 Å². The maximum Gasteiger partial charge on any atom is 0.158 e. The number of hydrogen-bond acceptors (Lipinski definition) is 6. The summed E-state index contributed by atoms with van der Waals surface area (Å²) >= 11 is 3.29. The van der Waals surface area contributed by atoms with Crippen LogP contribution in [-0.4, -0.2) is 15.6 Å². The van der Waals surface area contributed by atoms with Gasteiger partial charge in [0.05, 0.1) is 11.0 Å². The van der Waals surface area contributed by atoms with E-state index in [1.54, 1.807) is 22.7 Å². The Morgan fingerprint density at radius 3 is 2.71 bits per heavy atom. The highest BCUT2D eigenvalue weighted by molar-refractivity contribution is 7.18. The third-order valence-electron chi connectivity index (χ3n) is 2.93. The van der Waals surface area contributed by atoms with Gasteiger partial charge in [0.2, 0.25) is 0 Å². The van der Waals surface area contributed by atoms with Crippen LogP contribution in [0.3, 0.4) is 0 Å². The van der Waals surface area contributed by atoms with E-state index in [4.69, 9.17) is 10.5 Å². The van der Waals surface area contributed by atoms with Gasteiger partial charge >= 0.3 is 0 Å². The fourth-order valence-corrected chi connectivity index (χ4v) is 3.76. The summed E-state index contributed by atoms with van der Waals surface area (Å²) in [5, 5.41) is 5.10. The smallest absolute Gasteiger partial charge is 0.158 e. The Morgan fingerprint density at radius 2 is 2.05 bits per heavy atom. The lowest BCUT2D eigenvalue weighted by molar-refractivity contribution is -0.0179. The molecule has 0 aliphatic rings. The van der Waals surface area contributed by atoms with Crippen LogP contribution in [0.15, 0.2) is 22.9 Å². The van der Waals surface area contributed by atoms with Gasteiger partial charge in [-0.25, -0.2) is 9.97 Å². The number of fused-ring (bicyclic) bond motifs is 1. The second-order valence-corrected chi connectivity index (χ2v) is 7.54. The summed E-state index contributed by atoms with van der Waals surface area (Å²) in [4.78, 5) is 11.1. The second kappa shape index (κ2) is 5.36. The minimum atomic E-state index is -0.218. The minimum Gasteiger partial charge on any atom is -0.383 e. The van der Waals surface area contributed by atoms with Crippen LogP contribution in [-0.2, 0) is 11.3 Å². The summed E-state index contributed by atoms with van der Waals surface area (Å²) in [6.07, 6.45) is 0. The van der Waals surface area contributed by atoms with Crippen LogP contribution in [0.4, 0.5) is 5.82 Å². The number of rotatable bonds is 3. The lowest BCUT2D eigenvalue weighted by atomic mass is 10.2. The molecule has 0 unspecified atom stereocenters. The van der Waals surface area contributed by atoms with Crippen molar-refractivity contribution < 1.29 is 4.74 Å². The molecule has 0 bridgehead atoms. The monoisotopic (exact) mass is 319 g/mol. The van der Waals surface area contributed by atoms with Gasteiger partial charge in [-0.2, -0.15) is 0 Å². The number of nitrogen functional groups attached to an aromatic ring is 1. The predicted octanol–water partition coefficient (Wildman–Crippen LogP) is 4.32. The van der Waals surface area contributed by atoms with E-state index in [1.807, 2.05) is 26.8 Å². The molecule has 2 N–H and O–H groups in total. The average Bonchev–Trinajstić information content (AvgIpc) is 3.03. The molecule has 0 radical (unpaired) electrons. The molecule has 3 aromatic rings. The molecule has 0 atom stereocenters. The van der Waals surface area contributed by atoms with Crippen molar-refractivity contribution >= 4 is 38.7 Å². The Bertz CT molecular complexity index is 757. The first kappa shape index (κ1) is 14.4. The molecule has 6 heteroatoms. The van der Waals surface area contributed by atoms with Crippen LogP contribution < -0.4 is 5.73 Å². The van der Waals surface area contributed by atoms with E-state index in [1.165, 1.54) is 4.88 Å². The van der Waals surface area contributed by atoms with Gasteiger partial charge in [-0.15, -0.1) is 22.7 Å². The molecule has 0 saturated heterocycles. The summed E-state index contributed by atoms with van der Waals surface area (Å²) in [7, 11) is 0. The quantitative estimate of drug-likeness (QED) is 0.781. The number of thiophene rings is 2. The van der Waals surface area contributed by atoms with Gasteiger partial charge in [0.1, 0.15) is 17.3 Å². The fraction of sp³-hybridized carbons (Fsp3) is 0.333. The van der Waals surface area contributed by atoms with Gasteiger partial charge in [0, 0.05) is 15.8 Å². The molecule has 3 heterocycles. The van der Waals surface area contributed by atoms with E-state index in [0.29, 0.717) is 18.2 Å². The molecule has 0 saturated carbocycles. The number of hydrogen-bond donors (Lipinski definition) is 1. The van der Waals surface area contributed by atoms with Crippen molar-refractivity contribution in [3.8, 4) is 10.4 Å². The van der Waals surface area contributed by atoms with Crippen LogP contribution in [0.5, 0.6) is 0 Å². The Labute approximate surface area is 131 Å². The number of anilines is 1. The van der Waals surface area contributed by atoms with Gasteiger partial charge in [-0.05, 0) is 32.2 Å². The van der Waals surface area contributed by atoms with E-state index in [0.717, 1.165) is 15.8 Å². The molecular formula is C15H17N3OS2. The average molecular weight is 319 g/mol. The highest BCUT2D eigenvalue weighted by Crippen LogP contribution is 2.37. The first-order chi connectivity index (χ1) is 9.94.